The van der Waals surface area contributed by atoms with Crippen LogP contribution in [0.4, 0.5) is 10.1 Å². The smallest absolute Gasteiger partial charge is 0.305 e. The normalized spacial score (nSPS) is 32.0. The van der Waals surface area contributed by atoms with E-state index < -0.39 is 75.3 Å². The number of fused-ring (bicyclic) bond motifs is 4. The number of carboxylic acids is 1. The number of phenols is 1. The number of benzene rings is 2. The molecule has 4 aliphatic rings. The summed E-state index contributed by atoms with van der Waals surface area (Å²) in [5.74, 6) is -7.97. The van der Waals surface area contributed by atoms with Crippen molar-refractivity contribution >= 4 is 58.5 Å². The van der Waals surface area contributed by atoms with E-state index in [0.717, 1.165) is 21.9 Å². The molecule has 3 fully saturated rings. The van der Waals surface area contributed by atoms with Gasteiger partial charge < -0.3 is 10.2 Å². The fraction of sp³-hybridized carbons (Fsp3) is 0.367. The van der Waals surface area contributed by atoms with Gasteiger partial charge in [0.2, 0.25) is 11.8 Å². The molecule has 42 heavy (non-hydrogen) atoms. The molecule has 0 bridgehead atoms. The molecule has 0 aromatic heterocycles. The Morgan fingerprint density at radius 1 is 1.02 bits per heavy atom. The zero-order valence-electron chi connectivity index (χ0n) is 22.2. The van der Waals surface area contributed by atoms with Crippen LogP contribution in [-0.2, 0) is 24.0 Å². The van der Waals surface area contributed by atoms with Crippen LogP contribution in [0.25, 0.3) is 0 Å². The monoisotopic (exact) mass is 614 g/mol. The number of halogens is 3. The Morgan fingerprint density at radius 3 is 2.36 bits per heavy atom. The summed E-state index contributed by atoms with van der Waals surface area (Å²) < 4.78 is 13.7. The predicted octanol–water partition coefficient (Wildman–Crippen LogP) is 3.88. The second kappa shape index (κ2) is 9.64. The summed E-state index contributed by atoms with van der Waals surface area (Å²) >= 11 is 14.5. The Labute approximate surface area is 249 Å². The Kier molecular flexibility index (Phi) is 6.51. The second-order valence-corrected chi connectivity index (χ2v) is 12.5. The van der Waals surface area contributed by atoms with Crippen LogP contribution >= 0.6 is 23.2 Å². The highest BCUT2D eigenvalue weighted by Crippen LogP contribution is 2.65. The summed E-state index contributed by atoms with van der Waals surface area (Å²) in [7, 11) is 0. The zero-order valence-corrected chi connectivity index (χ0v) is 23.7. The second-order valence-electron chi connectivity index (χ2n) is 11.3. The molecule has 2 heterocycles. The maximum atomic E-state index is 14.3. The van der Waals surface area contributed by atoms with E-state index in [4.69, 9.17) is 28.3 Å². The predicted molar refractivity (Wildman–Crippen MR) is 148 cm³/mol. The first kappa shape index (κ1) is 28.4. The largest absolute Gasteiger partial charge is 0.508 e. The highest BCUT2D eigenvalue weighted by atomic mass is 35.5. The molecule has 4 amide bonds. The molecular weight excluding hydrogens is 590 g/mol. The molecule has 2 aromatic carbocycles. The number of carboxylic acid groups (broad SMARTS) is 1. The van der Waals surface area contributed by atoms with Crippen LogP contribution in [0, 0.1) is 30.5 Å². The lowest BCUT2D eigenvalue weighted by atomic mass is 9.56. The summed E-state index contributed by atoms with van der Waals surface area (Å²) in [5.41, 5.74) is 1.59. The first-order valence-corrected chi connectivity index (χ1v) is 14.2. The number of aliphatic carboxylic acids is 1. The number of allylic oxidation sites excluding steroid dienone is 2. The standard InChI is InChI=1S/C30H25Cl2FN2O7/c1-14-12-15(2-9-21(14)36)24-18-7-8-19-23(26(40)34(25(19)39)11-10-22(37)38)20(18)13-29(31)27(41)35(28(42)30(24,29)32)17-5-3-16(33)4-6-17/h2-7,9,12,19-20,23-24,36H,8,10-11,13H2,1H3,(H,37,38)/t19-,20+,23-,24-,29+,30-/m0/s1. The molecule has 12 heteroatoms. The van der Waals surface area contributed by atoms with Crippen LogP contribution in [0.15, 0.2) is 54.1 Å². The maximum absolute atomic E-state index is 14.3. The first-order valence-electron chi connectivity index (χ1n) is 13.4. The van der Waals surface area contributed by atoms with Crippen LogP contribution in [0.5, 0.6) is 5.75 Å². The van der Waals surface area contributed by atoms with Gasteiger partial charge in [-0.3, -0.25) is 28.9 Å². The lowest BCUT2D eigenvalue weighted by Crippen LogP contribution is -2.60. The van der Waals surface area contributed by atoms with Gasteiger partial charge in [-0.15, -0.1) is 23.2 Å². The van der Waals surface area contributed by atoms with Crippen molar-refractivity contribution in [2.45, 2.75) is 41.9 Å². The number of aromatic hydroxyl groups is 1. The Bertz CT molecular complexity index is 1610. The number of anilines is 1. The van der Waals surface area contributed by atoms with Gasteiger partial charge in [0, 0.05) is 12.5 Å². The van der Waals surface area contributed by atoms with Gasteiger partial charge in [0.15, 0.2) is 9.75 Å². The van der Waals surface area contributed by atoms with Gasteiger partial charge in [0.1, 0.15) is 11.6 Å². The van der Waals surface area contributed by atoms with Crippen molar-refractivity contribution < 1.29 is 38.6 Å². The lowest BCUT2D eigenvalue weighted by molar-refractivity contribution is -0.142. The third kappa shape index (κ3) is 3.77. The number of aryl methyl sites for hydroxylation is 1. The fourth-order valence-corrected chi connectivity index (χ4v) is 8.06. The number of carbonyl (C=O) groups is 5. The van der Waals surface area contributed by atoms with E-state index in [1.54, 1.807) is 25.1 Å². The Hall–Kier alpha value is -3.76. The van der Waals surface area contributed by atoms with Crippen molar-refractivity contribution in [3.8, 4) is 5.75 Å². The SMILES string of the molecule is Cc1cc([C@H]2C3=CC[C@@H]4C(=O)N(CCC(=O)O)C(=O)[C@@H]4[C@@H]3C[C@@]3(Cl)C(=O)N(c4ccc(F)cc4)C(=O)[C@@]23Cl)ccc1O. The molecule has 2 aliphatic carbocycles. The van der Waals surface area contributed by atoms with Crippen LogP contribution in [0.3, 0.4) is 0 Å². The maximum Gasteiger partial charge on any atom is 0.305 e. The minimum absolute atomic E-state index is 0.00282. The summed E-state index contributed by atoms with van der Waals surface area (Å²) in [6.45, 7) is 1.37. The molecule has 1 saturated carbocycles. The first-order chi connectivity index (χ1) is 19.8. The third-order valence-electron chi connectivity index (χ3n) is 9.09. The Morgan fingerprint density at radius 2 is 1.71 bits per heavy atom. The number of rotatable bonds is 5. The van der Waals surface area contributed by atoms with E-state index in [0.29, 0.717) is 16.7 Å². The van der Waals surface area contributed by atoms with Crippen LogP contribution in [0.2, 0.25) is 0 Å². The van der Waals surface area contributed by atoms with Crippen LogP contribution < -0.4 is 4.90 Å². The van der Waals surface area contributed by atoms with Crippen LogP contribution in [0.1, 0.15) is 36.3 Å². The minimum Gasteiger partial charge on any atom is -0.508 e. The number of likely N-dealkylation sites (tertiary alicyclic amines) is 1. The van der Waals surface area contributed by atoms with E-state index in [1.807, 2.05) is 0 Å². The average Bonchev–Trinajstić information content (AvgIpc) is 3.27. The highest BCUT2D eigenvalue weighted by molar-refractivity contribution is 6.58. The molecule has 0 unspecified atom stereocenters. The topological polar surface area (TPSA) is 132 Å². The number of hydrogen-bond acceptors (Lipinski definition) is 6. The van der Waals surface area contributed by atoms with Gasteiger partial charge in [-0.1, -0.05) is 23.8 Å². The molecule has 2 saturated heterocycles. The quantitative estimate of drug-likeness (QED) is 0.297. The number of nitrogens with zero attached hydrogens (tertiary/aromatic N) is 2. The van der Waals surface area contributed by atoms with Crippen molar-refractivity contribution in [2.75, 3.05) is 11.4 Å². The van der Waals surface area contributed by atoms with Crippen LogP contribution in [-0.4, -0.2) is 61.0 Å². The number of amides is 4. The Balaban J connectivity index is 1.52. The van der Waals surface area contributed by atoms with Gasteiger partial charge in [-0.2, -0.15) is 0 Å². The number of carbonyl (C=O) groups excluding carboxylic acids is 4. The van der Waals surface area contributed by atoms with Crippen molar-refractivity contribution in [1.82, 2.24) is 4.90 Å². The fourth-order valence-electron chi connectivity index (χ4n) is 7.12. The van der Waals surface area contributed by atoms with Crippen molar-refractivity contribution in [3.63, 3.8) is 0 Å². The molecule has 2 N–H and O–H groups in total. The third-order valence-corrected chi connectivity index (χ3v) is 10.5. The summed E-state index contributed by atoms with van der Waals surface area (Å²) in [4.78, 5) is 64.2. The van der Waals surface area contributed by atoms with E-state index >= 15 is 0 Å². The molecule has 218 valence electrons. The molecule has 9 nitrogen and oxygen atoms in total. The zero-order chi connectivity index (χ0) is 30.3. The van der Waals surface area contributed by atoms with Gasteiger partial charge >= 0.3 is 5.97 Å². The van der Waals surface area contributed by atoms with Crippen molar-refractivity contribution in [3.05, 3.63) is 71.1 Å². The van der Waals surface area contributed by atoms with E-state index in [-0.39, 0.29) is 30.8 Å². The molecule has 6 rings (SSSR count). The van der Waals surface area contributed by atoms with E-state index in [2.05, 4.69) is 0 Å². The summed E-state index contributed by atoms with van der Waals surface area (Å²) in [5, 5.41) is 19.4. The van der Waals surface area contributed by atoms with Gasteiger partial charge in [-0.05, 0) is 67.1 Å². The van der Waals surface area contributed by atoms with Gasteiger partial charge in [0.25, 0.3) is 11.8 Å². The average molecular weight is 615 g/mol. The summed E-state index contributed by atoms with van der Waals surface area (Å²) in [6, 6.07) is 9.38. The van der Waals surface area contributed by atoms with Crippen molar-refractivity contribution in [1.29, 1.82) is 0 Å². The van der Waals surface area contributed by atoms with E-state index in [1.165, 1.54) is 18.2 Å². The molecule has 2 aliphatic heterocycles. The minimum atomic E-state index is -2.08. The molecule has 0 spiro atoms. The van der Waals surface area contributed by atoms with Gasteiger partial charge in [-0.25, -0.2) is 9.29 Å². The van der Waals surface area contributed by atoms with E-state index in [9.17, 15) is 33.5 Å². The molecule has 0 radical (unpaired) electrons. The van der Waals surface area contributed by atoms with Crippen molar-refractivity contribution in [2.24, 2.45) is 17.8 Å². The molecule has 6 atom stereocenters. The molecule has 2 aromatic rings. The summed E-state index contributed by atoms with van der Waals surface area (Å²) in [6.07, 6.45) is 1.25. The number of imide groups is 2. The number of alkyl halides is 2. The lowest BCUT2D eigenvalue weighted by Gasteiger charge is -2.50. The highest BCUT2D eigenvalue weighted by Gasteiger charge is 2.76. The molecular formula is C30H25Cl2FN2O7. The number of hydrogen-bond donors (Lipinski definition) is 2. The van der Waals surface area contributed by atoms with Gasteiger partial charge in [0.05, 0.1) is 23.9 Å². The number of phenolic OH excluding ortho intramolecular Hbond substituents is 1.